The predicted octanol–water partition coefficient (Wildman–Crippen LogP) is 5.60. The van der Waals surface area contributed by atoms with E-state index in [0.29, 0.717) is 24.8 Å². The lowest BCUT2D eigenvalue weighted by atomic mass is 9.72. The molecule has 1 heterocycles. The van der Waals surface area contributed by atoms with Gasteiger partial charge in [0.1, 0.15) is 12.6 Å². The lowest BCUT2D eigenvalue weighted by Crippen LogP contribution is -2.64. The molecule has 1 aliphatic heterocycles. The molecule has 1 saturated carbocycles. The van der Waals surface area contributed by atoms with E-state index in [1.807, 2.05) is 99.6 Å². The van der Waals surface area contributed by atoms with Gasteiger partial charge in [-0.3, -0.25) is 14.5 Å². The zero-order valence-corrected chi connectivity index (χ0v) is 35.0. The molecule has 0 aromatic heterocycles. The second-order valence-electron chi connectivity index (χ2n) is 17.9. The van der Waals surface area contributed by atoms with E-state index in [4.69, 9.17) is 4.74 Å². The largest absolute Gasteiger partial charge is 0.449 e. The van der Waals surface area contributed by atoms with Crippen molar-refractivity contribution in [3.63, 3.8) is 0 Å². The number of aliphatic hydroxyl groups excluding tert-OH is 1. The van der Waals surface area contributed by atoms with Gasteiger partial charge in [-0.05, 0) is 93.5 Å². The Bertz CT molecular complexity index is 1970. The number of hydrogen-bond donors (Lipinski definition) is 4. The van der Waals surface area contributed by atoms with Gasteiger partial charge in [0, 0.05) is 30.8 Å². The molecule has 3 aliphatic rings. The zero-order valence-electron chi connectivity index (χ0n) is 34.2. The first-order valence-electron chi connectivity index (χ1n) is 20.3. The second kappa shape index (κ2) is 17.3. The minimum Gasteiger partial charge on any atom is -0.449 e. The molecule has 2 fully saturated rings. The predicted molar refractivity (Wildman–Crippen MR) is 222 cm³/mol. The van der Waals surface area contributed by atoms with Gasteiger partial charge in [-0.25, -0.2) is 13.2 Å². The van der Waals surface area contributed by atoms with E-state index in [0.717, 1.165) is 59.8 Å². The number of benzene rings is 3. The number of hydrogen-bond acceptors (Lipinski definition) is 8. The van der Waals surface area contributed by atoms with Gasteiger partial charge in [0.2, 0.25) is 11.8 Å². The Morgan fingerprint density at radius 2 is 1.42 bits per heavy atom. The van der Waals surface area contributed by atoms with Gasteiger partial charge in [-0.1, -0.05) is 98.1 Å². The molecule has 57 heavy (non-hydrogen) atoms. The van der Waals surface area contributed by atoms with E-state index < -0.39 is 56.4 Å². The highest BCUT2D eigenvalue weighted by atomic mass is 32.2. The fraction of sp³-hybridized carbons (Fsp3) is 0.533. The van der Waals surface area contributed by atoms with E-state index in [9.17, 15) is 27.9 Å². The third-order valence-corrected chi connectivity index (χ3v) is 14.5. The normalized spacial score (nSPS) is 21.6. The van der Waals surface area contributed by atoms with Crippen LogP contribution in [0.2, 0.25) is 0 Å². The molecule has 3 aromatic rings. The van der Waals surface area contributed by atoms with Crippen molar-refractivity contribution >= 4 is 27.7 Å². The van der Waals surface area contributed by atoms with Crippen molar-refractivity contribution in [2.24, 2.45) is 11.8 Å². The summed E-state index contributed by atoms with van der Waals surface area (Å²) in [4.78, 5) is 43.9. The summed E-state index contributed by atoms with van der Waals surface area (Å²) in [6, 6.07) is 22.4. The van der Waals surface area contributed by atoms with E-state index >= 15 is 0 Å². The van der Waals surface area contributed by atoms with Crippen molar-refractivity contribution in [2.45, 2.75) is 114 Å². The van der Waals surface area contributed by atoms with Gasteiger partial charge < -0.3 is 25.8 Å². The minimum absolute atomic E-state index is 0.0233. The van der Waals surface area contributed by atoms with Crippen LogP contribution in [0.4, 0.5) is 4.79 Å². The Morgan fingerprint density at radius 1 is 0.842 bits per heavy atom. The van der Waals surface area contributed by atoms with Crippen LogP contribution in [0, 0.1) is 11.8 Å². The number of carbonyl (C=O) groups is 3. The van der Waals surface area contributed by atoms with Crippen molar-refractivity contribution in [2.75, 3.05) is 26.0 Å². The number of alkyl carbamates (subject to hydrolysis) is 1. The highest BCUT2D eigenvalue weighted by molar-refractivity contribution is 7.92. The maximum atomic E-state index is 14.4. The molecule has 3 amide bonds. The number of rotatable bonds is 13. The molecule has 0 spiro atoms. The van der Waals surface area contributed by atoms with Crippen LogP contribution in [0.1, 0.15) is 89.3 Å². The molecule has 11 nitrogen and oxygen atoms in total. The van der Waals surface area contributed by atoms with Crippen LogP contribution >= 0.6 is 0 Å². The number of ether oxygens (including phenoxy) is 1. The Morgan fingerprint density at radius 3 is 2.02 bits per heavy atom. The average Bonchev–Trinajstić information content (AvgIpc) is 3.48. The summed E-state index contributed by atoms with van der Waals surface area (Å²) in [6.07, 6.45) is 4.32. The van der Waals surface area contributed by atoms with Crippen LogP contribution in [0.5, 0.6) is 0 Å². The Kier molecular flexibility index (Phi) is 12.9. The SMILES string of the molecule is CC(C)(C)NC(=O)C1C[C@@H]2CCCC[C@@H]2CN1CC(O)C(Cc1ccccc1)NC(=O)[C@@H](NC(=O)OCC1c2ccccc2-c2ccccc21)C(C)(C)S(C)(=O)=O. The molecule has 12 heteroatoms. The number of carbonyl (C=O) groups excluding carboxylic acids is 3. The second-order valence-corrected chi connectivity index (χ2v) is 20.5. The van der Waals surface area contributed by atoms with Crippen LogP contribution < -0.4 is 16.0 Å². The molecular formula is C45H60N4O7S. The number of likely N-dealkylation sites (tertiary alicyclic amines) is 1. The summed E-state index contributed by atoms with van der Waals surface area (Å²) >= 11 is 0. The minimum atomic E-state index is -3.93. The lowest BCUT2D eigenvalue weighted by Gasteiger charge is -2.47. The van der Waals surface area contributed by atoms with Crippen LogP contribution in [0.25, 0.3) is 11.1 Å². The first kappa shape index (κ1) is 42.3. The standard InChI is InChI=1S/C45H60N4O7S/c1-44(2,3)48-41(51)38-25-30-18-10-11-19-31(30)26-49(38)27-39(50)37(24-29-16-8-7-9-17-29)46-42(52)40(45(4,5)57(6,54)55)47-43(53)56-28-36-34-22-14-12-20-32(34)33-21-13-15-23-35(33)36/h7-9,12-17,20-23,30-31,36-40,50H,10-11,18-19,24-28H2,1-6H3,(H,46,52)(H,47,53)(H,48,51)/t30-,31+,37?,38?,39?,40+/m0/s1. The monoisotopic (exact) mass is 800 g/mol. The number of sulfone groups is 1. The van der Waals surface area contributed by atoms with E-state index in [1.165, 1.54) is 13.8 Å². The summed E-state index contributed by atoms with van der Waals surface area (Å²) in [5.41, 5.74) is 4.56. The van der Waals surface area contributed by atoms with Crippen LogP contribution in [-0.2, 0) is 30.6 Å². The Hall–Kier alpha value is -4.26. The maximum Gasteiger partial charge on any atom is 0.407 e. The maximum absolute atomic E-state index is 14.4. The summed E-state index contributed by atoms with van der Waals surface area (Å²) in [5.74, 6) is -0.243. The molecule has 308 valence electrons. The number of piperidine rings is 1. The number of nitrogens with one attached hydrogen (secondary N) is 3. The third-order valence-electron chi connectivity index (χ3n) is 12.3. The molecule has 0 radical (unpaired) electrons. The highest BCUT2D eigenvalue weighted by Gasteiger charge is 2.47. The molecule has 3 aromatic carbocycles. The van der Waals surface area contributed by atoms with Crippen molar-refractivity contribution in [3.8, 4) is 11.1 Å². The fourth-order valence-electron chi connectivity index (χ4n) is 8.94. The molecule has 4 N–H and O–H groups in total. The van der Waals surface area contributed by atoms with Crippen LogP contribution in [0.3, 0.4) is 0 Å². The van der Waals surface area contributed by atoms with Crippen LogP contribution in [-0.4, -0.2) is 96.8 Å². The summed E-state index contributed by atoms with van der Waals surface area (Å²) in [5, 5.41) is 20.8. The van der Waals surface area contributed by atoms with Gasteiger partial charge in [0.25, 0.3) is 0 Å². The topological polar surface area (TPSA) is 154 Å². The molecule has 1 saturated heterocycles. The first-order valence-corrected chi connectivity index (χ1v) is 22.2. The van der Waals surface area contributed by atoms with Gasteiger partial charge in [-0.15, -0.1) is 0 Å². The smallest absolute Gasteiger partial charge is 0.407 e. The zero-order chi connectivity index (χ0) is 41.1. The Labute approximate surface area is 338 Å². The molecular weight excluding hydrogens is 741 g/mol. The lowest BCUT2D eigenvalue weighted by molar-refractivity contribution is -0.133. The molecule has 3 unspecified atom stereocenters. The van der Waals surface area contributed by atoms with Crippen molar-refractivity contribution in [1.29, 1.82) is 0 Å². The van der Waals surface area contributed by atoms with Gasteiger partial charge in [0.05, 0.1) is 22.9 Å². The number of nitrogens with zero attached hydrogens (tertiary/aromatic N) is 1. The quantitative estimate of drug-likeness (QED) is 0.174. The first-order chi connectivity index (χ1) is 26.9. The number of amides is 3. The summed E-state index contributed by atoms with van der Waals surface area (Å²) < 4.78 is 30.5. The molecule has 6 atom stereocenters. The number of fused-ring (bicyclic) bond motifs is 4. The third kappa shape index (κ3) is 9.89. The molecule has 2 aliphatic carbocycles. The van der Waals surface area contributed by atoms with Gasteiger partial charge >= 0.3 is 6.09 Å². The van der Waals surface area contributed by atoms with Gasteiger partial charge in [-0.2, -0.15) is 0 Å². The van der Waals surface area contributed by atoms with Crippen LogP contribution in [0.15, 0.2) is 78.9 Å². The van der Waals surface area contributed by atoms with Crippen molar-refractivity contribution < 1.29 is 32.6 Å². The van der Waals surface area contributed by atoms with Crippen molar-refractivity contribution in [3.05, 3.63) is 95.6 Å². The van der Waals surface area contributed by atoms with E-state index in [1.54, 1.807) is 0 Å². The summed E-state index contributed by atoms with van der Waals surface area (Å²) in [6.45, 7) is 9.39. The summed E-state index contributed by atoms with van der Waals surface area (Å²) in [7, 11) is -3.93. The molecule has 6 rings (SSSR count). The highest BCUT2D eigenvalue weighted by Crippen LogP contribution is 2.44. The van der Waals surface area contributed by atoms with E-state index in [2.05, 4.69) is 20.9 Å². The average molecular weight is 801 g/mol. The number of β-amino-alcohol motifs (C(OH)–C–C–N with tert-alkyl or cyclic N) is 1. The Balaban J connectivity index is 1.22. The fourth-order valence-corrected chi connectivity index (χ4v) is 9.53. The van der Waals surface area contributed by atoms with Gasteiger partial charge in [0.15, 0.2) is 9.84 Å². The van der Waals surface area contributed by atoms with E-state index in [-0.39, 0.29) is 31.4 Å². The molecule has 0 bridgehead atoms. The number of aliphatic hydroxyl groups is 1. The van der Waals surface area contributed by atoms with Crippen molar-refractivity contribution in [1.82, 2.24) is 20.9 Å².